The SMILES string of the molecule is CC(=O)c1cncc(C(C)=O)c1CCl. The summed E-state index contributed by atoms with van der Waals surface area (Å²) in [5.74, 6) is -0.112. The van der Waals surface area contributed by atoms with Gasteiger partial charge in [-0.15, -0.1) is 11.6 Å². The van der Waals surface area contributed by atoms with Crippen molar-refractivity contribution in [2.45, 2.75) is 19.7 Å². The average Bonchev–Trinajstić information content (AvgIpc) is 2.16. The smallest absolute Gasteiger partial charge is 0.161 e. The Morgan fingerprint density at radius 3 is 1.93 bits per heavy atom. The quantitative estimate of drug-likeness (QED) is 0.569. The lowest BCUT2D eigenvalue weighted by Crippen LogP contribution is -2.06. The second-order valence-corrected chi connectivity index (χ2v) is 3.23. The van der Waals surface area contributed by atoms with Crippen LogP contribution in [-0.2, 0) is 5.88 Å². The number of alkyl halides is 1. The minimum atomic E-state index is -0.128. The Labute approximate surface area is 87.1 Å². The van der Waals surface area contributed by atoms with Crippen LogP contribution in [0, 0.1) is 0 Å². The number of pyridine rings is 1. The highest BCUT2D eigenvalue weighted by molar-refractivity contribution is 6.18. The summed E-state index contributed by atoms with van der Waals surface area (Å²) in [4.78, 5) is 26.2. The van der Waals surface area contributed by atoms with E-state index < -0.39 is 0 Å². The number of nitrogens with zero attached hydrogens (tertiary/aromatic N) is 1. The molecule has 0 atom stereocenters. The van der Waals surface area contributed by atoms with Gasteiger partial charge in [-0.2, -0.15) is 0 Å². The van der Waals surface area contributed by atoms with Crippen molar-refractivity contribution < 1.29 is 9.59 Å². The maximum Gasteiger partial charge on any atom is 0.161 e. The summed E-state index contributed by atoms with van der Waals surface area (Å²) in [6.07, 6.45) is 2.87. The van der Waals surface area contributed by atoms with Crippen molar-refractivity contribution in [3.63, 3.8) is 0 Å². The number of aromatic nitrogens is 1. The Kier molecular flexibility index (Phi) is 3.36. The van der Waals surface area contributed by atoms with E-state index in [1.165, 1.54) is 26.2 Å². The normalized spacial score (nSPS) is 9.93. The second kappa shape index (κ2) is 4.33. The molecule has 14 heavy (non-hydrogen) atoms. The third kappa shape index (κ3) is 1.99. The van der Waals surface area contributed by atoms with Crippen LogP contribution < -0.4 is 0 Å². The summed E-state index contributed by atoms with van der Waals surface area (Å²) >= 11 is 5.69. The molecule has 0 fully saturated rings. The lowest BCUT2D eigenvalue weighted by atomic mass is 10.0. The van der Waals surface area contributed by atoms with Gasteiger partial charge in [-0.05, 0) is 19.4 Å². The number of hydrogen-bond donors (Lipinski definition) is 0. The van der Waals surface area contributed by atoms with Gasteiger partial charge in [0.05, 0.1) is 0 Å². The molecule has 1 aromatic heterocycles. The first-order valence-electron chi connectivity index (χ1n) is 4.12. The first-order chi connectivity index (χ1) is 6.57. The van der Waals surface area contributed by atoms with Gasteiger partial charge in [0, 0.05) is 29.4 Å². The van der Waals surface area contributed by atoms with Crippen LogP contribution >= 0.6 is 11.6 Å². The molecule has 0 saturated carbocycles. The molecule has 0 aliphatic rings. The van der Waals surface area contributed by atoms with E-state index in [4.69, 9.17) is 11.6 Å². The van der Waals surface area contributed by atoms with Gasteiger partial charge in [-0.1, -0.05) is 0 Å². The van der Waals surface area contributed by atoms with E-state index in [2.05, 4.69) is 4.98 Å². The summed E-state index contributed by atoms with van der Waals surface area (Å²) in [5, 5.41) is 0. The lowest BCUT2D eigenvalue weighted by Gasteiger charge is -2.06. The molecule has 1 aromatic rings. The fourth-order valence-corrected chi connectivity index (χ4v) is 1.53. The van der Waals surface area contributed by atoms with Crippen LogP contribution in [0.1, 0.15) is 40.1 Å². The molecule has 0 bridgehead atoms. The van der Waals surface area contributed by atoms with Crippen LogP contribution in [0.5, 0.6) is 0 Å². The van der Waals surface area contributed by atoms with Gasteiger partial charge in [0.15, 0.2) is 11.6 Å². The van der Waals surface area contributed by atoms with Crippen molar-refractivity contribution >= 4 is 23.2 Å². The van der Waals surface area contributed by atoms with Gasteiger partial charge in [0.2, 0.25) is 0 Å². The van der Waals surface area contributed by atoms with Gasteiger partial charge in [-0.25, -0.2) is 0 Å². The van der Waals surface area contributed by atoms with Gasteiger partial charge < -0.3 is 0 Å². The summed E-state index contributed by atoms with van der Waals surface area (Å²) in [7, 11) is 0. The molecule has 0 saturated heterocycles. The topological polar surface area (TPSA) is 47.0 Å². The number of halogens is 1. The van der Waals surface area contributed by atoms with Crippen molar-refractivity contribution in [3.8, 4) is 0 Å². The van der Waals surface area contributed by atoms with Crippen molar-refractivity contribution in [2.75, 3.05) is 0 Å². The molecule has 0 N–H and O–H groups in total. The zero-order chi connectivity index (χ0) is 10.7. The molecule has 0 aromatic carbocycles. The van der Waals surface area contributed by atoms with E-state index in [9.17, 15) is 9.59 Å². The predicted octanol–water partition coefficient (Wildman–Crippen LogP) is 2.23. The molecule has 0 aliphatic carbocycles. The van der Waals surface area contributed by atoms with Gasteiger partial charge >= 0.3 is 0 Å². The van der Waals surface area contributed by atoms with Gasteiger partial charge in [0.1, 0.15) is 0 Å². The number of rotatable bonds is 3. The number of Topliss-reactive ketones (excluding diaryl/α,β-unsaturated/α-hetero) is 2. The Hall–Kier alpha value is -1.22. The van der Waals surface area contributed by atoms with Crippen LogP contribution in [-0.4, -0.2) is 16.6 Å². The van der Waals surface area contributed by atoms with Crippen molar-refractivity contribution in [3.05, 3.63) is 29.1 Å². The van der Waals surface area contributed by atoms with Crippen LogP contribution in [0.4, 0.5) is 0 Å². The third-order valence-electron chi connectivity index (χ3n) is 1.95. The highest BCUT2D eigenvalue weighted by Gasteiger charge is 2.13. The molecule has 1 heterocycles. The molecular weight excluding hydrogens is 202 g/mol. The molecule has 0 radical (unpaired) electrons. The minimum absolute atomic E-state index is 0.128. The summed E-state index contributed by atoms with van der Waals surface area (Å²) in [6.45, 7) is 2.86. The second-order valence-electron chi connectivity index (χ2n) is 2.96. The molecule has 0 spiro atoms. The fraction of sp³-hybridized carbons (Fsp3) is 0.300. The minimum Gasteiger partial charge on any atom is -0.294 e. The van der Waals surface area contributed by atoms with E-state index in [1.54, 1.807) is 0 Å². The Morgan fingerprint density at radius 1 is 1.21 bits per heavy atom. The molecule has 74 valence electrons. The van der Waals surface area contributed by atoms with E-state index in [1.807, 2.05) is 0 Å². The highest BCUT2D eigenvalue weighted by atomic mass is 35.5. The summed E-state index contributed by atoms with van der Waals surface area (Å²) in [5.41, 5.74) is 1.42. The maximum atomic E-state index is 11.2. The van der Waals surface area contributed by atoms with E-state index in [0.29, 0.717) is 16.7 Å². The van der Waals surface area contributed by atoms with Gasteiger partial charge in [-0.3, -0.25) is 14.6 Å². The monoisotopic (exact) mass is 211 g/mol. The fourth-order valence-electron chi connectivity index (χ4n) is 1.24. The Morgan fingerprint density at radius 2 is 1.64 bits per heavy atom. The largest absolute Gasteiger partial charge is 0.294 e. The first-order valence-corrected chi connectivity index (χ1v) is 4.66. The molecule has 3 nitrogen and oxygen atoms in total. The van der Waals surface area contributed by atoms with E-state index in [-0.39, 0.29) is 17.4 Å². The van der Waals surface area contributed by atoms with Gasteiger partial charge in [0.25, 0.3) is 0 Å². The summed E-state index contributed by atoms with van der Waals surface area (Å²) < 4.78 is 0. The molecule has 4 heteroatoms. The highest BCUT2D eigenvalue weighted by Crippen LogP contribution is 2.17. The lowest BCUT2D eigenvalue weighted by molar-refractivity contribution is 0.101. The average molecular weight is 212 g/mol. The Bertz CT molecular complexity index is 355. The number of ketones is 2. The number of carbonyl (C=O) groups excluding carboxylic acids is 2. The molecule has 0 aliphatic heterocycles. The maximum absolute atomic E-state index is 11.2. The standard InChI is InChI=1S/C10H10ClNO2/c1-6(13)9-4-12-5-10(7(2)14)8(9)3-11/h4-5H,3H2,1-2H3. The molecule has 0 amide bonds. The summed E-state index contributed by atoms with van der Waals surface area (Å²) in [6, 6.07) is 0. The third-order valence-corrected chi connectivity index (χ3v) is 2.22. The van der Waals surface area contributed by atoms with Crippen LogP contribution in [0.3, 0.4) is 0 Å². The Balaban J connectivity index is 3.39. The predicted molar refractivity (Wildman–Crippen MR) is 53.8 cm³/mol. The van der Waals surface area contributed by atoms with Crippen LogP contribution in [0.15, 0.2) is 12.4 Å². The molecule has 0 unspecified atom stereocenters. The van der Waals surface area contributed by atoms with E-state index >= 15 is 0 Å². The van der Waals surface area contributed by atoms with Crippen LogP contribution in [0.25, 0.3) is 0 Å². The van der Waals surface area contributed by atoms with Crippen molar-refractivity contribution in [1.82, 2.24) is 4.98 Å². The van der Waals surface area contributed by atoms with E-state index in [0.717, 1.165) is 0 Å². The van der Waals surface area contributed by atoms with Crippen molar-refractivity contribution in [2.24, 2.45) is 0 Å². The zero-order valence-electron chi connectivity index (χ0n) is 8.00. The van der Waals surface area contributed by atoms with Crippen LogP contribution in [0.2, 0.25) is 0 Å². The zero-order valence-corrected chi connectivity index (χ0v) is 8.76. The number of hydrogen-bond acceptors (Lipinski definition) is 3. The molecular formula is C10H10ClNO2. The van der Waals surface area contributed by atoms with Crippen molar-refractivity contribution in [1.29, 1.82) is 0 Å². The first kappa shape index (κ1) is 10.9. The number of carbonyl (C=O) groups is 2. The molecule has 1 rings (SSSR count).